The molecule has 1 atom stereocenters. The summed E-state index contributed by atoms with van der Waals surface area (Å²) in [4.78, 5) is 19.1. The molecule has 0 saturated heterocycles. The maximum atomic E-state index is 13.4. The first-order valence-corrected chi connectivity index (χ1v) is 9.10. The Balaban J connectivity index is 1.71. The summed E-state index contributed by atoms with van der Waals surface area (Å²) in [6.07, 6.45) is 1.71. The van der Waals surface area contributed by atoms with Crippen molar-refractivity contribution in [3.05, 3.63) is 118 Å². The van der Waals surface area contributed by atoms with Gasteiger partial charge in [-0.3, -0.25) is 14.1 Å². The van der Waals surface area contributed by atoms with Crippen LogP contribution >= 0.6 is 0 Å². The number of benzene rings is 2. The lowest BCUT2D eigenvalue weighted by Gasteiger charge is -2.29. The van der Waals surface area contributed by atoms with Gasteiger partial charge in [-0.1, -0.05) is 48.5 Å². The molecule has 2 heterocycles. The minimum absolute atomic E-state index is 0.0853. The van der Waals surface area contributed by atoms with Crippen LogP contribution < -0.4 is 5.56 Å². The normalized spacial score (nSPS) is 12.4. The number of rotatable bonds is 5. The first-order chi connectivity index (χ1) is 13.6. The molecule has 4 rings (SSSR count). The van der Waals surface area contributed by atoms with Gasteiger partial charge in [0.05, 0.1) is 11.7 Å². The Kier molecular flexibility index (Phi) is 5.00. The summed E-state index contributed by atoms with van der Waals surface area (Å²) in [5, 5.41) is 0. The van der Waals surface area contributed by atoms with Gasteiger partial charge in [-0.2, -0.15) is 0 Å². The van der Waals surface area contributed by atoms with Crippen molar-refractivity contribution < 1.29 is 4.39 Å². The molecule has 0 bridgehead atoms. The van der Waals surface area contributed by atoms with Crippen molar-refractivity contribution in [2.75, 3.05) is 7.05 Å². The molecule has 2 aromatic carbocycles. The number of nitrogens with zero attached hydrogens (tertiary/aromatic N) is 3. The summed E-state index contributed by atoms with van der Waals surface area (Å²) >= 11 is 0. The Morgan fingerprint density at radius 3 is 2.39 bits per heavy atom. The van der Waals surface area contributed by atoms with Gasteiger partial charge < -0.3 is 0 Å². The maximum Gasteiger partial charge on any atom is 0.258 e. The van der Waals surface area contributed by atoms with Gasteiger partial charge >= 0.3 is 0 Å². The molecule has 0 aliphatic rings. The Morgan fingerprint density at radius 2 is 1.64 bits per heavy atom. The highest BCUT2D eigenvalue weighted by atomic mass is 19.1. The van der Waals surface area contributed by atoms with Crippen LogP contribution in [0.15, 0.2) is 89.9 Å². The molecular weight excluding hydrogens is 353 g/mol. The fourth-order valence-electron chi connectivity index (χ4n) is 3.51. The fraction of sp³-hybridized carbons (Fsp3) is 0.130. The number of halogens is 1. The summed E-state index contributed by atoms with van der Waals surface area (Å²) in [6.45, 7) is 0.484. The van der Waals surface area contributed by atoms with Crippen molar-refractivity contribution in [2.45, 2.75) is 12.6 Å². The number of hydrogen-bond donors (Lipinski definition) is 0. The second kappa shape index (κ2) is 7.74. The Morgan fingerprint density at radius 1 is 0.964 bits per heavy atom. The van der Waals surface area contributed by atoms with E-state index in [1.54, 1.807) is 24.4 Å². The van der Waals surface area contributed by atoms with E-state index in [9.17, 15) is 9.18 Å². The van der Waals surface area contributed by atoms with E-state index >= 15 is 0 Å². The summed E-state index contributed by atoms with van der Waals surface area (Å²) in [5.74, 6) is -0.262. The van der Waals surface area contributed by atoms with Crippen LogP contribution in [0.2, 0.25) is 0 Å². The van der Waals surface area contributed by atoms with E-state index in [0.717, 1.165) is 11.1 Å². The van der Waals surface area contributed by atoms with Gasteiger partial charge in [-0.15, -0.1) is 0 Å². The lowest BCUT2D eigenvalue weighted by molar-refractivity contribution is 0.267. The topological polar surface area (TPSA) is 37.6 Å². The molecule has 0 N–H and O–H groups in total. The molecule has 0 fully saturated rings. The second-order valence-corrected chi connectivity index (χ2v) is 6.79. The highest BCUT2D eigenvalue weighted by Crippen LogP contribution is 2.28. The molecule has 5 heteroatoms. The van der Waals surface area contributed by atoms with E-state index in [1.807, 2.05) is 55.6 Å². The monoisotopic (exact) mass is 373 g/mol. The SMILES string of the molecule is CN(Cc1cc(=O)n2ccccc2n1)C(c1ccccc1)c1ccc(F)cc1. The lowest BCUT2D eigenvalue weighted by atomic mass is 9.97. The summed E-state index contributed by atoms with van der Waals surface area (Å²) in [6, 6.07) is 23.5. The minimum atomic E-state index is -0.262. The highest BCUT2D eigenvalue weighted by molar-refractivity contribution is 5.38. The van der Waals surface area contributed by atoms with Crippen LogP contribution in [-0.2, 0) is 6.54 Å². The molecule has 0 aliphatic carbocycles. The molecule has 0 aliphatic heterocycles. The lowest BCUT2D eigenvalue weighted by Crippen LogP contribution is -2.27. The van der Waals surface area contributed by atoms with E-state index in [1.165, 1.54) is 16.5 Å². The molecule has 0 saturated carbocycles. The zero-order chi connectivity index (χ0) is 19.5. The Labute approximate surface area is 162 Å². The molecule has 1 unspecified atom stereocenters. The summed E-state index contributed by atoms with van der Waals surface area (Å²) in [7, 11) is 1.98. The average molecular weight is 373 g/mol. The third kappa shape index (κ3) is 3.70. The standard InChI is InChI=1S/C23H20FN3O/c1-26(16-20-15-22(28)27-14-6-5-9-21(27)25-20)23(17-7-3-2-4-8-17)18-10-12-19(24)13-11-18/h2-15,23H,16H2,1H3. The van der Waals surface area contributed by atoms with Crippen molar-refractivity contribution in [3.63, 3.8) is 0 Å². The smallest absolute Gasteiger partial charge is 0.258 e. The molecule has 4 aromatic rings. The van der Waals surface area contributed by atoms with Gasteiger partial charge in [-0.05, 0) is 42.4 Å². The van der Waals surface area contributed by atoms with Crippen molar-refractivity contribution >= 4 is 5.65 Å². The molecule has 2 aromatic heterocycles. The number of hydrogen-bond acceptors (Lipinski definition) is 3. The maximum absolute atomic E-state index is 13.4. The van der Waals surface area contributed by atoms with E-state index in [-0.39, 0.29) is 17.4 Å². The number of fused-ring (bicyclic) bond motifs is 1. The highest BCUT2D eigenvalue weighted by Gasteiger charge is 2.20. The zero-order valence-electron chi connectivity index (χ0n) is 15.5. The molecule has 0 amide bonds. The van der Waals surface area contributed by atoms with Gasteiger partial charge in [0.25, 0.3) is 5.56 Å². The van der Waals surface area contributed by atoms with E-state index in [2.05, 4.69) is 9.88 Å². The van der Waals surface area contributed by atoms with Crippen molar-refractivity contribution in [3.8, 4) is 0 Å². The van der Waals surface area contributed by atoms with Crippen LogP contribution in [-0.4, -0.2) is 21.3 Å². The molecule has 4 nitrogen and oxygen atoms in total. The van der Waals surface area contributed by atoms with Gasteiger partial charge in [-0.25, -0.2) is 9.37 Å². The molecular formula is C23H20FN3O. The Bertz CT molecular complexity index is 1140. The van der Waals surface area contributed by atoms with Crippen LogP contribution in [0.4, 0.5) is 4.39 Å². The average Bonchev–Trinajstić information content (AvgIpc) is 2.70. The first kappa shape index (κ1) is 18.1. The summed E-state index contributed by atoms with van der Waals surface area (Å²) < 4.78 is 15.0. The first-order valence-electron chi connectivity index (χ1n) is 9.10. The van der Waals surface area contributed by atoms with Crippen molar-refractivity contribution in [2.24, 2.45) is 0 Å². The van der Waals surface area contributed by atoms with Crippen LogP contribution in [0.3, 0.4) is 0 Å². The van der Waals surface area contributed by atoms with Gasteiger partial charge in [0.2, 0.25) is 0 Å². The molecule has 28 heavy (non-hydrogen) atoms. The van der Waals surface area contributed by atoms with E-state index in [4.69, 9.17) is 0 Å². The quantitative estimate of drug-likeness (QED) is 0.530. The predicted molar refractivity (Wildman–Crippen MR) is 108 cm³/mol. The van der Waals surface area contributed by atoms with Crippen molar-refractivity contribution in [1.29, 1.82) is 0 Å². The second-order valence-electron chi connectivity index (χ2n) is 6.79. The van der Waals surface area contributed by atoms with Gasteiger partial charge in [0, 0.05) is 18.8 Å². The summed E-state index contributed by atoms with van der Waals surface area (Å²) in [5.41, 5.74) is 3.28. The van der Waals surface area contributed by atoms with E-state index < -0.39 is 0 Å². The zero-order valence-corrected chi connectivity index (χ0v) is 15.5. The van der Waals surface area contributed by atoms with E-state index in [0.29, 0.717) is 17.9 Å². The fourth-order valence-corrected chi connectivity index (χ4v) is 3.51. The molecule has 140 valence electrons. The number of aromatic nitrogens is 2. The largest absolute Gasteiger partial charge is 0.290 e. The Hall–Kier alpha value is -3.31. The predicted octanol–water partition coefficient (Wildman–Crippen LogP) is 4.06. The van der Waals surface area contributed by atoms with Crippen LogP contribution in [0.1, 0.15) is 22.9 Å². The van der Waals surface area contributed by atoms with Crippen LogP contribution in [0.5, 0.6) is 0 Å². The van der Waals surface area contributed by atoms with Gasteiger partial charge in [0.1, 0.15) is 11.5 Å². The van der Waals surface area contributed by atoms with Crippen LogP contribution in [0.25, 0.3) is 5.65 Å². The third-order valence-electron chi connectivity index (χ3n) is 4.78. The third-order valence-corrected chi connectivity index (χ3v) is 4.78. The van der Waals surface area contributed by atoms with Crippen LogP contribution in [0, 0.1) is 5.82 Å². The van der Waals surface area contributed by atoms with Gasteiger partial charge in [0.15, 0.2) is 0 Å². The molecule has 0 spiro atoms. The minimum Gasteiger partial charge on any atom is -0.290 e. The molecule has 0 radical (unpaired) electrons. The number of pyridine rings is 1. The van der Waals surface area contributed by atoms with Crippen molar-refractivity contribution in [1.82, 2.24) is 14.3 Å².